The van der Waals surface area contributed by atoms with Gasteiger partial charge in [-0.15, -0.1) is 0 Å². The van der Waals surface area contributed by atoms with E-state index in [-0.39, 0.29) is 11.4 Å². The highest BCUT2D eigenvalue weighted by Gasteiger charge is 2.19. The number of morpholine rings is 2. The van der Waals surface area contributed by atoms with Crippen LogP contribution in [0.15, 0.2) is 158 Å². The first kappa shape index (κ1) is 75.3. The van der Waals surface area contributed by atoms with E-state index in [2.05, 4.69) is 67.0 Å². The van der Waals surface area contributed by atoms with E-state index in [1.165, 1.54) is 48.5 Å². The number of sulfonamides is 3. The molecule has 0 unspecified atom stereocenters. The quantitative estimate of drug-likeness (QED) is 0.0195. The number of fused-ring (bicyclic) bond motifs is 2. The summed E-state index contributed by atoms with van der Waals surface area (Å²) in [6.45, 7) is 5.63. The summed E-state index contributed by atoms with van der Waals surface area (Å²) in [7, 11) is -4.59. The molecule has 520 valence electrons. The number of hydrogen-bond acceptors (Lipinski definition) is 25. The van der Waals surface area contributed by atoms with E-state index in [0.717, 1.165) is 101 Å². The van der Waals surface area contributed by atoms with Crippen molar-refractivity contribution in [3.05, 3.63) is 184 Å². The Hall–Kier alpha value is -10.1. The number of rotatable bonds is 14. The Labute approximate surface area is 573 Å². The number of benzene rings is 6. The van der Waals surface area contributed by atoms with Crippen molar-refractivity contribution in [1.82, 2.24) is 39.0 Å². The molecule has 0 radical (unpaired) electrons. The number of nitrogens with zero attached hydrogens (tertiary/aromatic N) is 12. The van der Waals surface area contributed by atoms with Gasteiger partial charge in [0.05, 0.1) is 107 Å². The van der Waals surface area contributed by atoms with Crippen LogP contribution >= 0.6 is 22.3 Å². The van der Waals surface area contributed by atoms with E-state index in [9.17, 15) is 53.9 Å². The number of aromatic nitrogens is 8. The second-order valence-corrected chi connectivity index (χ2v) is 30.1. The maximum atomic E-state index is 11.5. The molecule has 0 bridgehead atoms. The van der Waals surface area contributed by atoms with E-state index in [1.54, 1.807) is 67.3 Å². The molecule has 38 heteroatoms. The van der Waals surface area contributed by atoms with Crippen LogP contribution in [0.4, 0.5) is 63.2 Å². The number of imidazole rings is 2. The van der Waals surface area contributed by atoms with Gasteiger partial charge < -0.3 is 45.2 Å². The van der Waals surface area contributed by atoms with Crippen LogP contribution in [0.25, 0.3) is 44.6 Å². The highest BCUT2D eigenvalue weighted by Crippen LogP contribution is 2.30. The molecule has 0 saturated carbocycles. The lowest BCUT2D eigenvalue weighted by Crippen LogP contribution is -2.37. The van der Waals surface area contributed by atoms with Gasteiger partial charge >= 0.3 is 0 Å². The minimum absolute atomic E-state index is 0.0641. The zero-order valence-electron chi connectivity index (χ0n) is 53.3. The smallest absolute Gasteiger partial charge is 0.269 e. The molecular weight excluding hydrogens is 1400 g/mol. The van der Waals surface area contributed by atoms with Crippen molar-refractivity contribution in [2.45, 2.75) is 0 Å². The molecule has 0 amide bonds. The fraction of sp³-hybridized carbons (Fsp3) is 0.233. The third-order valence-electron chi connectivity index (χ3n) is 13.2. The second kappa shape index (κ2) is 33.7. The van der Waals surface area contributed by atoms with E-state index < -0.39 is 49.0 Å². The molecule has 6 aromatic carbocycles. The van der Waals surface area contributed by atoms with Crippen LogP contribution in [-0.2, 0) is 62.7 Å². The van der Waals surface area contributed by atoms with Crippen LogP contribution in [0.1, 0.15) is 0 Å². The average molecular weight is 1460 g/mol. The predicted octanol–water partition coefficient (Wildman–Crippen LogP) is 8.47. The number of nitro benzene ring substituents is 2. The van der Waals surface area contributed by atoms with Gasteiger partial charge in [0.2, 0.25) is 51.0 Å². The first-order valence-electron chi connectivity index (χ1n) is 28.8. The molecule has 0 aliphatic carbocycles. The van der Waals surface area contributed by atoms with Crippen molar-refractivity contribution in [2.75, 3.05) is 118 Å². The Morgan fingerprint density at radius 3 is 1.20 bits per heavy atom. The number of halogens is 2. The van der Waals surface area contributed by atoms with Gasteiger partial charge in [-0.1, -0.05) is 23.7 Å². The summed E-state index contributed by atoms with van der Waals surface area (Å²) in [5.41, 5.74) is 21.5. The van der Waals surface area contributed by atoms with Gasteiger partial charge in [0.1, 0.15) is 11.0 Å². The van der Waals surface area contributed by atoms with Gasteiger partial charge in [0.25, 0.3) is 11.4 Å². The molecule has 4 aromatic heterocycles. The van der Waals surface area contributed by atoms with Crippen LogP contribution < -0.4 is 40.8 Å². The second-order valence-electron chi connectivity index (χ2n) is 21.4. The lowest BCUT2D eigenvalue weighted by Gasteiger charge is -2.27. The number of non-ortho nitro benzene ring substituents is 2. The molecule has 8 N–H and O–H groups in total. The monoisotopic (exact) mass is 1460 g/mol. The lowest BCUT2D eigenvalue weighted by molar-refractivity contribution is -0.385. The molecule has 2 aliphatic heterocycles. The van der Waals surface area contributed by atoms with Crippen molar-refractivity contribution in [1.29, 1.82) is 0 Å². The molecule has 6 heterocycles. The molecule has 12 rings (SSSR count). The summed E-state index contributed by atoms with van der Waals surface area (Å²) in [5, 5.41) is 24.1. The largest absolute Gasteiger partial charge is 0.399 e. The molecule has 98 heavy (non-hydrogen) atoms. The van der Waals surface area contributed by atoms with Crippen LogP contribution in [0.3, 0.4) is 0 Å². The van der Waals surface area contributed by atoms with Crippen molar-refractivity contribution < 1.29 is 53.0 Å². The number of nitrogen functional groups attached to an aromatic ring is 2. The van der Waals surface area contributed by atoms with Gasteiger partial charge in [-0.05, 0) is 97.1 Å². The van der Waals surface area contributed by atoms with Crippen molar-refractivity contribution in [3.63, 3.8) is 0 Å². The summed E-state index contributed by atoms with van der Waals surface area (Å²) >= 11 is 6.22. The molecule has 0 atom stereocenters. The molecular formula is C60H68Cl2N18O14S4. The molecule has 0 spiro atoms. The topological polar surface area (TPSA) is 435 Å². The standard InChI is InChI=1S/C23H25N7O3S.C16H16ClN5O.C7H8N2O4S.C7H10N2O2S.C6H6N2O2.CH3ClO2S/c1-29-15-24-19-8-3-16(13-21(19)29)20-14-22(27-23(26-20)30-9-11-33-12-10-30)25-17-4-6-18(7-5-17)28-34(2,31)32;1-21-10-18-12-3-2-11(8-14(12)21)13-9-15(17)20-16(19-13)22-4-6-23-7-5-22;1-14(12,13)8-6-2-4-7(5-3-6)9(10)11;1-12(10,11)9-7-4-2-6(8)3-5-7;7-5-1-3-6(4-2-5)8(9)10;1-5(2,3)4/h3-8,13-15,28H,9-12H2,1-2H3,(H,25,26,27);2-3,8-10H,4-7H2,1H3;2-5,8H,1H3;2-5,9H,8H2,1H3;1-4H,7H2;1H3. The predicted molar refractivity (Wildman–Crippen MR) is 382 cm³/mol. The highest BCUT2D eigenvalue weighted by atomic mass is 35.7. The number of anilines is 9. The minimum atomic E-state index is -3.33. The van der Waals surface area contributed by atoms with Gasteiger partial charge in [0.15, 0.2) is 0 Å². The summed E-state index contributed by atoms with van der Waals surface area (Å²) in [6.07, 6.45) is 7.76. The molecule has 10 aromatic rings. The zero-order valence-corrected chi connectivity index (χ0v) is 58.1. The third kappa shape index (κ3) is 25.2. The maximum Gasteiger partial charge on any atom is 0.269 e. The number of nitrogens with one attached hydrogen (secondary N) is 4. The Kier molecular flexibility index (Phi) is 25.9. The molecule has 2 fully saturated rings. The Bertz CT molecular complexity index is 4850. The average Bonchev–Trinajstić information content (AvgIpc) is 1.59. The number of hydrogen-bond donors (Lipinski definition) is 6. The summed E-state index contributed by atoms with van der Waals surface area (Å²) in [5.74, 6) is 1.92. The molecule has 2 aliphatic rings. The van der Waals surface area contributed by atoms with E-state index in [0.29, 0.717) is 77.7 Å². The van der Waals surface area contributed by atoms with Crippen molar-refractivity contribution in [2.24, 2.45) is 14.1 Å². The summed E-state index contributed by atoms with van der Waals surface area (Å²) in [4.78, 5) is 50.9. The third-order valence-corrected chi connectivity index (χ3v) is 15.2. The Balaban J connectivity index is 0.000000182. The number of ether oxygens (including phenoxy) is 2. The van der Waals surface area contributed by atoms with Crippen molar-refractivity contribution >= 4 is 147 Å². The van der Waals surface area contributed by atoms with Gasteiger partial charge in [-0.25, -0.2) is 58.6 Å². The maximum absolute atomic E-state index is 11.5. The van der Waals surface area contributed by atoms with Gasteiger partial charge in [-0.2, -0.15) is 4.98 Å². The van der Waals surface area contributed by atoms with Crippen LogP contribution in [0.5, 0.6) is 0 Å². The Morgan fingerprint density at radius 2 is 0.816 bits per heavy atom. The fourth-order valence-electron chi connectivity index (χ4n) is 8.79. The first-order chi connectivity index (χ1) is 46.1. The van der Waals surface area contributed by atoms with Crippen LogP contribution in [0.2, 0.25) is 5.15 Å². The van der Waals surface area contributed by atoms with Crippen LogP contribution in [0, 0.1) is 20.2 Å². The first-order valence-corrected chi connectivity index (χ1v) is 37.6. The van der Waals surface area contributed by atoms with E-state index >= 15 is 0 Å². The zero-order chi connectivity index (χ0) is 71.5. The van der Waals surface area contributed by atoms with Gasteiger partial charge in [-0.3, -0.25) is 34.4 Å². The number of aryl methyl sites for hydroxylation is 2. The SMILES string of the molecule is CS(=O)(=O)Cl.CS(=O)(=O)Nc1ccc(N)cc1.CS(=O)(=O)Nc1ccc([N+](=O)[O-])cc1.Cn1cnc2ccc(-c3cc(Cl)nc(N4CCOCC4)n3)cc21.Cn1cnc2ccc(-c3cc(Nc4ccc(NS(C)(=O)=O)cc4)nc(N4CCOCC4)n3)cc21.Nc1ccc([N+](=O)[O-])cc1. The van der Waals surface area contributed by atoms with Crippen LogP contribution in [-0.4, -0.2) is 160 Å². The fourth-order valence-corrected chi connectivity index (χ4v) is 10.7. The normalized spacial score (nSPS) is 13.0. The Morgan fingerprint density at radius 1 is 0.480 bits per heavy atom. The lowest BCUT2D eigenvalue weighted by atomic mass is 10.1. The van der Waals surface area contributed by atoms with Gasteiger partial charge in [0, 0.05) is 133 Å². The highest BCUT2D eigenvalue weighted by molar-refractivity contribution is 8.13. The van der Waals surface area contributed by atoms with Crippen molar-refractivity contribution in [3.8, 4) is 22.5 Å². The van der Waals surface area contributed by atoms with E-state index in [1.807, 2.05) is 53.6 Å². The molecule has 32 nitrogen and oxygen atoms in total. The summed E-state index contributed by atoms with van der Waals surface area (Å²) < 4.78 is 107. The minimum Gasteiger partial charge on any atom is -0.399 e. The summed E-state index contributed by atoms with van der Waals surface area (Å²) in [6, 6.07) is 40.2. The molecule has 2 saturated heterocycles. The number of nitrogens with two attached hydrogens (primary N) is 2. The number of nitro groups is 2. The van der Waals surface area contributed by atoms with E-state index in [4.69, 9.17) is 47.5 Å².